The minimum Gasteiger partial charge on any atom is -0.494 e. The molecule has 1 aromatic heterocycles. The van der Waals surface area contributed by atoms with Crippen LogP contribution >= 0.6 is 12.2 Å². The van der Waals surface area contributed by atoms with E-state index < -0.39 is 0 Å². The lowest BCUT2D eigenvalue weighted by atomic mass is 10.1. The SMILES string of the molecule is CCOc1ccc2[nH]c(=O)c(CN(CCO)C(=S)Nc3cccc(C)c3)cc2c1. The van der Waals surface area contributed by atoms with Crippen LogP contribution in [0.1, 0.15) is 18.1 Å². The smallest absolute Gasteiger partial charge is 0.253 e. The highest BCUT2D eigenvalue weighted by Crippen LogP contribution is 2.20. The number of nitrogens with one attached hydrogen (secondary N) is 2. The number of thiocarbonyl (C=S) groups is 1. The van der Waals surface area contributed by atoms with Crippen molar-refractivity contribution in [1.29, 1.82) is 0 Å². The van der Waals surface area contributed by atoms with Crippen LogP contribution in [0.5, 0.6) is 5.75 Å². The second-order valence-electron chi connectivity index (χ2n) is 6.75. The summed E-state index contributed by atoms with van der Waals surface area (Å²) in [7, 11) is 0. The lowest BCUT2D eigenvalue weighted by Gasteiger charge is -2.25. The first-order valence-electron chi connectivity index (χ1n) is 9.52. The number of aliphatic hydroxyl groups excluding tert-OH is 1. The second kappa shape index (κ2) is 9.54. The van der Waals surface area contributed by atoms with Crippen molar-refractivity contribution in [3.05, 3.63) is 70.0 Å². The molecule has 3 rings (SSSR count). The first-order valence-corrected chi connectivity index (χ1v) is 9.93. The van der Waals surface area contributed by atoms with Crippen LogP contribution < -0.4 is 15.6 Å². The number of pyridine rings is 1. The molecule has 0 aliphatic heterocycles. The van der Waals surface area contributed by atoms with Gasteiger partial charge in [-0.05, 0) is 68.0 Å². The zero-order chi connectivity index (χ0) is 20.8. The summed E-state index contributed by atoms with van der Waals surface area (Å²) in [5, 5.41) is 14.0. The van der Waals surface area contributed by atoms with Gasteiger partial charge in [-0.3, -0.25) is 4.79 Å². The highest BCUT2D eigenvalue weighted by Gasteiger charge is 2.13. The van der Waals surface area contributed by atoms with Gasteiger partial charge < -0.3 is 25.0 Å². The summed E-state index contributed by atoms with van der Waals surface area (Å²) in [4.78, 5) is 17.3. The fourth-order valence-electron chi connectivity index (χ4n) is 3.11. The van der Waals surface area contributed by atoms with Crippen LogP contribution in [0.4, 0.5) is 5.69 Å². The van der Waals surface area contributed by atoms with Gasteiger partial charge in [0.1, 0.15) is 5.75 Å². The van der Waals surface area contributed by atoms with Gasteiger partial charge in [0.2, 0.25) is 0 Å². The van der Waals surface area contributed by atoms with E-state index in [0.717, 1.165) is 27.9 Å². The first kappa shape index (κ1) is 20.8. The van der Waals surface area contributed by atoms with E-state index in [1.807, 2.05) is 62.4 Å². The molecule has 6 nitrogen and oxygen atoms in total. The molecule has 0 saturated heterocycles. The van der Waals surface area contributed by atoms with Crippen molar-refractivity contribution in [1.82, 2.24) is 9.88 Å². The molecule has 0 aliphatic carbocycles. The Labute approximate surface area is 175 Å². The summed E-state index contributed by atoms with van der Waals surface area (Å²) in [5.74, 6) is 0.752. The third-order valence-corrected chi connectivity index (χ3v) is 4.85. The molecule has 0 atom stereocenters. The molecule has 0 fully saturated rings. The first-order chi connectivity index (χ1) is 14.0. The Hall–Kier alpha value is -2.90. The largest absolute Gasteiger partial charge is 0.494 e. The lowest BCUT2D eigenvalue weighted by Crippen LogP contribution is -2.37. The maximum atomic E-state index is 12.6. The summed E-state index contributed by atoms with van der Waals surface area (Å²) in [5.41, 5.74) is 3.11. The Balaban J connectivity index is 1.85. The molecule has 0 radical (unpaired) electrons. The Morgan fingerprint density at radius 1 is 1.24 bits per heavy atom. The quantitative estimate of drug-likeness (QED) is 0.517. The fraction of sp³-hybridized carbons (Fsp3) is 0.273. The predicted octanol–water partition coefficient (Wildman–Crippen LogP) is 3.43. The van der Waals surface area contributed by atoms with Crippen molar-refractivity contribution < 1.29 is 9.84 Å². The van der Waals surface area contributed by atoms with Crippen molar-refractivity contribution in [2.45, 2.75) is 20.4 Å². The molecule has 7 heteroatoms. The molecule has 2 aromatic carbocycles. The Morgan fingerprint density at radius 3 is 2.79 bits per heavy atom. The lowest BCUT2D eigenvalue weighted by molar-refractivity contribution is 0.248. The molecule has 0 amide bonds. The molecular weight excluding hydrogens is 386 g/mol. The van der Waals surface area contributed by atoms with Crippen LogP contribution in [0.3, 0.4) is 0 Å². The molecule has 0 aliphatic rings. The number of anilines is 1. The molecule has 152 valence electrons. The van der Waals surface area contributed by atoms with Gasteiger partial charge in [0, 0.05) is 28.7 Å². The molecular formula is C22H25N3O3S. The average molecular weight is 412 g/mol. The number of hydrogen-bond donors (Lipinski definition) is 3. The number of aryl methyl sites for hydroxylation is 1. The Kier molecular flexibility index (Phi) is 6.85. The third kappa shape index (κ3) is 5.34. The molecule has 29 heavy (non-hydrogen) atoms. The maximum absolute atomic E-state index is 12.6. The van der Waals surface area contributed by atoms with E-state index in [2.05, 4.69) is 10.3 Å². The van der Waals surface area contributed by atoms with Gasteiger partial charge >= 0.3 is 0 Å². The topological polar surface area (TPSA) is 77.6 Å². The Morgan fingerprint density at radius 2 is 2.07 bits per heavy atom. The van der Waals surface area contributed by atoms with Crippen molar-refractivity contribution in [3.63, 3.8) is 0 Å². The monoisotopic (exact) mass is 411 g/mol. The molecule has 0 spiro atoms. The summed E-state index contributed by atoms with van der Waals surface area (Å²) in [6, 6.07) is 15.3. The summed E-state index contributed by atoms with van der Waals surface area (Å²) in [6.45, 7) is 5.03. The Bertz CT molecular complexity index is 1060. The number of nitrogens with zero attached hydrogens (tertiary/aromatic N) is 1. The van der Waals surface area contributed by atoms with Gasteiger partial charge in [-0.15, -0.1) is 0 Å². The minimum absolute atomic E-state index is 0.0738. The summed E-state index contributed by atoms with van der Waals surface area (Å²) in [6.07, 6.45) is 0. The van der Waals surface area contributed by atoms with Gasteiger partial charge in [-0.2, -0.15) is 0 Å². The number of aromatic amines is 1. The maximum Gasteiger partial charge on any atom is 0.253 e. The van der Waals surface area contributed by atoms with E-state index in [1.54, 1.807) is 4.90 Å². The third-order valence-electron chi connectivity index (χ3n) is 4.49. The van der Waals surface area contributed by atoms with Gasteiger partial charge in [-0.25, -0.2) is 0 Å². The molecule has 3 aromatic rings. The molecule has 3 N–H and O–H groups in total. The van der Waals surface area contributed by atoms with Gasteiger partial charge in [0.25, 0.3) is 5.56 Å². The summed E-state index contributed by atoms with van der Waals surface area (Å²) < 4.78 is 5.55. The molecule has 0 unspecified atom stereocenters. The van der Waals surface area contributed by atoms with Crippen LogP contribution in [-0.2, 0) is 6.54 Å². The summed E-state index contributed by atoms with van der Waals surface area (Å²) >= 11 is 5.53. The van der Waals surface area contributed by atoms with E-state index in [1.165, 1.54) is 0 Å². The van der Waals surface area contributed by atoms with E-state index in [4.69, 9.17) is 17.0 Å². The number of rotatable bonds is 7. The number of fused-ring (bicyclic) bond motifs is 1. The van der Waals surface area contributed by atoms with Crippen LogP contribution in [0.2, 0.25) is 0 Å². The van der Waals surface area contributed by atoms with Crippen LogP contribution in [-0.4, -0.2) is 39.9 Å². The number of aliphatic hydroxyl groups is 1. The van der Waals surface area contributed by atoms with Gasteiger partial charge in [0.05, 0.1) is 19.8 Å². The highest BCUT2D eigenvalue weighted by atomic mass is 32.1. The second-order valence-corrected chi connectivity index (χ2v) is 7.14. The van der Waals surface area contributed by atoms with E-state index >= 15 is 0 Å². The standard InChI is InChI=1S/C22H25N3O3S/c1-3-28-19-7-8-20-16(13-19)12-17(21(27)24-20)14-25(9-10-26)22(29)23-18-6-4-5-15(2)11-18/h4-8,11-13,26H,3,9-10,14H2,1-2H3,(H,23,29)(H,24,27). The van der Waals surface area contributed by atoms with Crippen molar-refractivity contribution in [2.75, 3.05) is 25.1 Å². The van der Waals surface area contributed by atoms with Crippen LogP contribution in [0.25, 0.3) is 10.9 Å². The van der Waals surface area contributed by atoms with Crippen molar-refractivity contribution in [2.24, 2.45) is 0 Å². The average Bonchev–Trinajstić information content (AvgIpc) is 2.68. The number of H-pyrrole nitrogens is 1. The zero-order valence-electron chi connectivity index (χ0n) is 16.6. The molecule has 1 heterocycles. The molecule has 0 bridgehead atoms. The number of hydrogen-bond acceptors (Lipinski definition) is 4. The minimum atomic E-state index is -0.178. The van der Waals surface area contributed by atoms with Crippen molar-refractivity contribution in [3.8, 4) is 5.75 Å². The number of aromatic nitrogens is 1. The zero-order valence-corrected chi connectivity index (χ0v) is 17.4. The molecule has 0 saturated carbocycles. The van der Waals surface area contributed by atoms with Gasteiger partial charge in [0.15, 0.2) is 5.11 Å². The number of benzene rings is 2. The fourth-order valence-corrected chi connectivity index (χ4v) is 3.38. The highest BCUT2D eigenvalue weighted by molar-refractivity contribution is 7.80. The normalized spacial score (nSPS) is 10.7. The van der Waals surface area contributed by atoms with E-state index in [-0.39, 0.29) is 18.7 Å². The number of ether oxygens (including phenoxy) is 1. The predicted molar refractivity (Wildman–Crippen MR) is 121 cm³/mol. The van der Waals surface area contributed by atoms with E-state index in [9.17, 15) is 9.90 Å². The van der Waals surface area contributed by atoms with Crippen molar-refractivity contribution >= 4 is 33.9 Å². The van der Waals surface area contributed by atoms with E-state index in [0.29, 0.717) is 23.8 Å². The van der Waals surface area contributed by atoms with Crippen LogP contribution in [0.15, 0.2) is 53.3 Å². The van der Waals surface area contributed by atoms with Crippen LogP contribution in [0, 0.1) is 6.92 Å². The van der Waals surface area contributed by atoms with Gasteiger partial charge in [-0.1, -0.05) is 12.1 Å².